The van der Waals surface area contributed by atoms with Gasteiger partial charge >= 0.3 is 0 Å². The van der Waals surface area contributed by atoms with E-state index in [9.17, 15) is 4.39 Å². The third-order valence-electron chi connectivity index (χ3n) is 2.45. The van der Waals surface area contributed by atoms with Gasteiger partial charge in [-0.2, -0.15) is 0 Å². The van der Waals surface area contributed by atoms with Crippen molar-refractivity contribution >= 4 is 5.69 Å². The second-order valence-corrected chi connectivity index (χ2v) is 3.66. The van der Waals surface area contributed by atoms with Crippen LogP contribution in [0.25, 0.3) is 0 Å². The monoisotopic (exact) mass is 231 g/mol. The average Bonchev–Trinajstić information content (AvgIpc) is 2.38. The van der Waals surface area contributed by atoms with Crippen LogP contribution < -0.4 is 10.1 Å². The maximum atomic E-state index is 13.1. The maximum absolute atomic E-state index is 13.1. The molecule has 0 aromatic heterocycles. The predicted octanol–water partition coefficient (Wildman–Crippen LogP) is 3.45. The van der Waals surface area contributed by atoms with Crippen molar-refractivity contribution in [1.82, 2.24) is 0 Å². The lowest BCUT2D eigenvalue weighted by Crippen LogP contribution is -1.99. The lowest BCUT2D eigenvalue weighted by atomic mass is 10.2. The molecule has 0 aliphatic heterocycles. The van der Waals surface area contributed by atoms with Crippen LogP contribution in [0.15, 0.2) is 48.5 Å². The first-order valence-electron chi connectivity index (χ1n) is 5.43. The Morgan fingerprint density at radius 1 is 1.12 bits per heavy atom. The summed E-state index contributed by atoms with van der Waals surface area (Å²) < 4.78 is 18.7. The first kappa shape index (κ1) is 11.5. The molecule has 0 radical (unpaired) electrons. The second-order valence-electron chi connectivity index (χ2n) is 3.66. The van der Waals surface area contributed by atoms with Gasteiger partial charge in [-0.3, -0.25) is 0 Å². The molecule has 88 valence electrons. The van der Waals surface area contributed by atoms with Crippen molar-refractivity contribution in [2.24, 2.45) is 0 Å². The van der Waals surface area contributed by atoms with Gasteiger partial charge in [-0.1, -0.05) is 30.3 Å². The van der Waals surface area contributed by atoms with E-state index in [4.69, 9.17) is 4.74 Å². The molecule has 0 aliphatic rings. The van der Waals surface area contributed by atoms with Gasteiger partial charge in [-0.25, -0.2) is 4.39 Å². The van der Waals surface area contributed by atoms with Gasteiger partial charge in [0.15, 0.2) is 0 Å². The summed E-state index contributed by atoms with van der Waals surface area (Å²) in [6.45, 7) is 0.430. The second kappa shape index (κ2) is 5.34. The molecule has 2 aromatic carbocycles. The number of benzene rings is 2. The summed E-state index contributed by atoms with van der Waals surface area (Å²) in [6, 6.07) is 14.2. The van der Waals surface area contributed by atoms with Crippen molar-refractivity contribution in [2.45, 2.75) is 6.61 Å². The van der Waals surface area contributed by atoms with Gasteiger partial charge in [0.05, 0.1) is 5.69 Å². The summed E-state index contributed by atoms with van der Waals surface area (Å²) in [5.41, 5.74) is 1.83. The molecule has 2 nitrogen and oxygen atoms in total. The van der Waals surface area contributed by atoms with Gasteiger partial charge in [0.1, 0.15) is 18.2 Å². The lowest BCUT2D eigenvalue weighted by molar-refractivity contribution is 0.306. The topological polar surface area (TPSA) is 21.3 Å². The van der Waals surface area contributed by atoms with E-state index in [1.54, 1.807) is 13.1 Å². The molecule has 0 unspecified atom stereocenters. The third-order valence-corrected chi connectivity index (χ3v) is 2.45. The Morgan fingerprint density at radius 3 is 2.59 bits per heavy atom. The van der Waals surface area contributed by atoms with Crippen LogP contribution in [0.5, 0.6) is 5.75 Å². The fourth-order valence-electron chi connectivity index (χ4n) is 1.56. The molecule has 0 heterocycles. The highest BCUT2D eigenvalue weighted by atomic mass is 19.1. The number of ether oxygens (including phenoxy) is 1. The highest BCUT2D eigenvalue weighted by molar-refractivity contribution is 5.55. The van der Waals surface area contributed by atoms with Crippen molar-refractivity contribution in [1.29, 1.82) is 0 Å². The smallest absolute Gasteiger partial charge is 0.145 e. The van der Waals surface area contributed by atoms with Gasteiger partial charge in [0, 0.05) is 13.1 Å². The zero-order chi connectivity index (χ0) is 12.1. The van der Waals surface area contributed by atoms with E-state index in [0.29, 0.717) is 12.4 Å². The molecule has 0 spiro atoms. The van der Waals surface area contributed by atoms with Crippen molar-refractivity contribution in [2.75, 3.05) is 12.4 Å². The van der Waals surface area contributed by atoms with Gasteiger partial charge < -0.3 is 10.1 Å². The third kappa shape index (κ3) is 2.97. The number of anilines is 1. The number of nitrogens with one attached hydrogen (secondary N) is 1. The van der Waals surface area contributed by atoms with Crippen LogP contribution in [0.3, 0.4) is 0 Å². The van der Waals surface area contributed by atoms with E-state index >= 15 is 0 Å². The Hall–Kier alpha value is -2.03. The minimum Gasteiger partial charge on any atom is -0.487 e. The number of halogens is 1. The zero-order valence-corrected chi connectivity index (χ0v) is 9.61. The average molecular weight is 231 g/mol. The van der Waals surface area contributed by atoms with Crippen LogP contribution >= 0.6 is 0 Å². The number of rotatable bonds is 4. The predicted molar refractivity (Wildman–Crippen MR) is 66.7 cm³/mol. The molecule has 2 rings (SSSR count). The van der Waals surface area contributed by atoms with E-state index in [1.165, 1.54) is 12.1 Å². The number of hydrogen-bond donors (Lipinski definition) is 1. The van der Waals surface area contributed by atoms with E-state index < -0.39 is 0 Å². The molecule has 2 aromatic rings. The SMILES string of the molecule is CNc1ccc(F)cc1OCc1ccccc1. The Morgan fingerprint density at radius 2 is 1.88 bits per heavy atom. The Bertz CT molecular complexity index is 485. The Balaban J connectivity index is 2.11. The van der Waals surface area contributed by atoms with E-state index in [2.05, 4.69) is 5.32 Å². The van der Waals surface area contributed by atoms with Gasteiger partial charge in [0.25, 0.3) is 0 Å². The molecule has 3 heteroatoms. The fraction of sp³-hybridized carbons (Fsp3) is 0.143. The lowest BCUT2D eigenvalue weighted by Gasteiger charge is -2.11. The summed E-state index contributed by atoms with van der Waals surface area (Å²) >= 11 is 0. The quantitative estimate of drug-likeness (QED) is 0.870. The van der Waals surface area contributed by atoms with Crippen LogP contribution in [0.4, 0.5) is 10.1 Å². The normalized spacial score (nSPS) is 10.0. The zero-order valence-electron chi connectivity index (χ0n) is 9.61. The van der Waals surface area contributed by atoms with Crippen molar-refractivity contribution in [3.8, 4) is 5.75 Å². The molecular weight excluding hydrogens is 217 g/mol. The van der Waals surface area contributed by atoms with E-state index in [1.807, 2.05) is 30.3 Å². The van der Waals surface area contributed by atoms with E-state index in [0.717, 1.165) is 11.3 Å². The Labute approximate surface area is 100 Å². The van der Waals surface area contributed by atoms with Gasteiger partial charge in [-0.05, 0) is 17.7 Å². The summed E-state index contributed by atoms with van der Waals surface area (Å²) in [6.07, 6.45) is 0. The largest absolute Gasteiger partial charge is 0.487 e. The molecule has 0 fully saturated rings. The van der Waals surface area contributed by atoms with Crippen molar-refractivity contribution < 1.29 is 9.13 Å². The van der Waals surface area contributed by atoms with Crippen LogP contribution in [-0.2, 0) is 6.61 Å². The molecule has 0 bridgehead atoms. The first-order valence-corrected chi connectivity index (χ1v) is 5.43. The van der Waals surface area contributed by atoms with Crippen molar-refractivity contribution in [3.63, 3.8) is 0 Å². The minimum absolute atomic E-state index is 0.299. The summed E-state index contributed by atoms with van der Waals surface area (Å²) in [5.74, 6) is 0.225. The van der Waals surface area contributed by atoms with Gasteiger partial charge in [-0.15, -0.1) is 0 Å². The highest BCUT2D eigenvalue weighted by Gasteiger charge is 2.04. The van der Waals surface area contributed by atoms with E-state index in [-0.39, 0.29) is 5.82 Å². The van der Waals surface area contributed by atoms with Crippen LogP contribution in [-0.4, -0.2) is 7.05 Å². The molecule has 1 N–H and O–H groups in total. The number of hydrogen-bond acceptors (Lipinski definition) is 2. The standard InChI is InChI=1S/C14H14FNO/c1-16-13-8-7-12(15)9-14(13)17-10-11-5-3-2-4-6-11/h2-9,16H,10H2,1H3. The molecule has 0 saturated heterocycles. The molecule has 0 aliphatic carbocycles. The molecule has 17 heavy (non-hydrogen) atoms. The fourth-order valence-corrected chi connectivity index (χ4v) is 1.56. The molecular formula is C14H14FNO. The molecule has 0 atom stereocenters. The van der Waals surface area contributed by atoms with Crippen LogP contribution in [0, 0.1) is 5.82 Å². The van der Waals surface area contributed by atoms with Crippen molar-refractivity contribution in [3.05, 3.63) is 59.9 Å². The minimum atomic E-state index is -0.299. The van der Waals surface area contributed by atoms with Crippen LogP contribution in [0.1, 0.15) is 5.56 Å². The summed E-state index contributed by atoms with van der Waals surface area (Å²) in [4.78, 5) is 0. The highest BCUT2D eigenvalue weighted by Crippen LogP contribution is 2.25. The Kier molecular flexibility index (Phi) is 3.60. The summed E-state index contributed by atoms with van der Waals surface area (Å²) in [5, 5.41) is 2.97. The van der Waals surface area contributed by atoms with Gasteiger partial charge in [0.2, 0.25) is 0 Å². The molecule has 0 amide bonds. The first-order chi connectivity index (χ1) is 8.29. The molecule has 0 saturated carbocycles. The summed E-state index contributed by atoms with van der Waals surface area (Å²) in [7, 11) is 1.78. The van der Waals surface area contributed by atoms with Crippen LogP contribution in [0.2, 0.25) is 0 Å². The maximum Gasteiger partial charge on any atom is 0.145 e.